The topological polar surface area (TPSA) is 64.4 Å². The van der Waals surface area contributed by atoms with Crippen LogP contribution in [0.3, 0.4) is 0 Å². The van der Waals surface area contributed by atoms with E-state index in [4.69, 9.17) is 9.26 Å². The first-order chi connectivity index (χ1) is 7.70. The Morgan fingerprint density at radius 1 is 1.41 bits per heavy atom. The molecule has 0 radical (unpaired) electrons. The lowest BCUT2D eigenvalue weighted by Gasteiger charge is -2.21. The highest BCUT2D eigenvalue weighted by Gasteiger charge is 2.21. The zero-order valence-electron chi connectivity index (χ0n) is 11.2. The van der Waals surface area contributed by atoms with E-state index in [1.807, 2.05) is 41.5 Å². The number of carbonyl (C=O) groups excluding carboxylic acids is 1. The Morgan fingerprint density at radius 2 is 2.00 bits per heavy atom. The molecule has 1 N–H and O–H groups in total. The molecule has 1 heterocycles. The summed E-state index contributed by atoms with van der Waals surface area (Å²) < 4.78 is 10.2. The van der Waals surface area contributed by atoms with Gasteiger partial charge in [0.1, 0.15) is 11.4 Å². The fourth-order valence-electron chi connectivity index (χ4n) is 1.66. The number of rotatable bonds is 2. The minimum absolute atomic E-state index is 0.184. The van der Waals surface area contributed by atoms with Crippen LogP contribution in [0.1, 0.15) is 50.8 Å². The van der Waals surface area contributed by atoms with Crippen LogP contribution in [-0.4, -0.2) is 16.9 Å². The maximum atomic E-state index is 11.6. The lowest BCUT2D eigenvalue weighted by molar-refractivity contribution is 0.0507. The third kappa shape index (κ3) is 3.76. The molecule has 0 aliphatic heterocycles. The van der Waals surface area contributed by atoms with Crippen molar-refractivity contribution in [2.45, 2.75) is 53.2 Å². The van der Waals surface area contributed by atoms with Gasteiger partial charge in [0.15, 0.2) is 0 Å². The predicted octanol–water partition coefficient (Wildman–Crippen LogP) is 2.88. The quantitative estimate of drug-likeness (QED) is 0.863. The van der Waals surface area contributed by atoms with Crippen molar-refractivity contribution in [2.24, 2.45) is 0 Å². The van der Waals surface area contributed by atoms with Crippen LogP contribution >= 0.6 is 0 Å². The van der Waals surface area contributed by atoms with Crippen molar-refractivity contribution >= 4 is 6.09 Å². The van der Waals surface area contributed by atoms with E-state index in [1.54, 1.807) is 0 Å². The molecule has 0 spiro atoms. The zero-order valence-corrected chi connectivity index (χ0v) is 11.2. The summed E-state index contributed by atoms with van der Waals surface area (Å²) in [5, 5.41) is 6.61. The molecule has 0 saturated heterocycles. The average molecular weight is 240 g/mol. The molecule has 1 amide bonds. The van der Waals surface area contributed by atoms with Gasteiger partial charge in [-0.2, -0.15) is 0 Å². The molecule has 1 aromatic heterocycles. The van der Waals surface area contributed by atoms with Gasteiger partial charge in [-0.15, -0.1) is 0 Å². The Labute approximate surface area is 102 Å². The molecule has 0 aliphatic rings. The van der Waals surface area contributed by atoms with Gasteiger partial charge in [-0.3, -0.25) is 0 Å². The minimum Gasteiger partial charge on any atom is -0.444 e. The summed E-state index contributed by atoms with van der Waals surface area (Å²) in [6.45, 7) is 11.0. The number of aromatic nitrogens is 1. The van der Waals surface area contributed by atoms with Crippen LogP contribution in [0.2, 0.25) is 0 Å². The van der Waals surface area contributed by atoms with Crippen molar-refractivity contribution in [1.29, 1.82) is 0 Å². The molecule has 1 aromatic rings. The van der Waals surface area contributed by atoms with E-state index in [2.05, 4.69) is 10.5 Å². The fraction of sp³-hybridized carbons (Fsp3) is 0.667. The molecule has 1 unspecified atom stereocenters. The van der Waals surface area contributed by atoms with E-state index in [9.17, 15) is 4.79 Å². The Hall–Kier alpha value is -1.52. The Kier molecular flexibility index (Phi) is 3.80. The third-order valence-electron chi connectivity index (χ3n) is 2.25. The second-order valence-electron chi connectivity index (χ2n) is 5.11. The summed E-state index contributed by atoms with van der Waals surface area (Å²) in [5.74, 6) is 0.714. The molecular weight excluding hydrogens is 220 g/mol. The van der Waals surface area contributed by atoms with E-state index in [-0.39, 0.29) is 6.04 Å². The number of nitrogens with zero attached hydrogens (tertiary/aromatic N) is 1. The smallest absolute Gasteiger partial charge is 0.408 e. The van der Waals surface area contributed by atoms with E-state index in [0.717, 1.165) is 11.3 Å². The van der Waals surface area contributed by atoms with Crippen molar-refractivity contribution in [3.8, 4) is 0 Å². The lowest BCUT2D eigenvalue weighted by Crippen LogP contribution is -2.34. The van der Waals surface area contributed by atoms with Crippen LogP contribution in [-0.2, 0) is 4.74 Å². The standard InChI is InChI=1S/C12H20N2O3/c1-7(10-8(2)14-17-9(10)3)13-11(15)16-12(4,5)6/h7H,1-6H3,(H,13,15). The zero-order chi connectivity index (χ0) is 13.2. The molecule has 0 fully saturated rings. The number of carbonyl (C=O) groups is 1. The second-order valence-corrected chi connectivity index (χ2v) is 5.11. The van der Waals surface area contributed by atoms with Crippen LogP contribution < -0.4 is 5.32 Å². The summed E-state index contributed by atoms with van der Waals surface area (Å²) in [5.41, 5.74) is 1.18. The van der Waals surface area contributed by atoms with Crippen molar-refractivity contribution in [3.63, 3.8) is 0 Å². The van der Waals surface area contributed by atoms with Crippen molar-refractivity contribution < 1.29 is 14.1 Å². The molecule has 1 atom stereocenters. The molecule has 0 aliphatic carbocycles. The normalized spacial score (nSPS) is 13.3. The van der Waals surface area contributed by atoms with Gasteiger partial charge in [0.25, 0.3) is 0 Å². The van der Waals surface area contributed by atoms with Gasteiger partial charge in [0.05, 0.1) is 11.7 Å². The van der Waals surface area contributed by atoms with E-state index >= 15 is 0 Å². The van der Waals surface area contributed by atoms with Crippen LogP contribution in [0.4, 0.5) is 4.79 Å². The molecule has 0 saturated carbocycles. The van der Waals surface area contributed by atoms with Gasteiger partial charge < -0.3 is 14.6 Å². The summed E-state index contributed by atoms with van der Waals surface area (Å²) in [4.78, 5) is 11.6. The Balaban J connectivity index is 2.67. The monoisotopic (exact) mass is 240 g/mol. The molecule has 5 nitrogen and oxygen atoms in total. The molecular formula is C12H20N2O3. The van der Waals surface area contributed by atoms with Crippen LogP contribution in [0, 0.1) is 13.8 Å². The first-order valence-electron chi connectivity index (χ1n) is 5.63. The molecule has 0 bridgehead atoms. The lowest BCUT2D eigenvalue weighted by atomic mass is 10.1. The fourth-order valence-corrected chi connectivity index (χ4v) is 1.66. The maximum Gasteiger partial charge on any atom is 0.408 e. The highest BCUT2D eigenvalue weighted by molar-refractivity contribution is 5.68. The van der Waals surface area contributed by atoms with Crippen LogP contribution in [0.5, 0.6) is 0 Å². The second kappa shape index (κ2) is 4.77. The minimum atomic E-state index is -0.497. The van der Waals surface area contributed by atoms with Crippen molar-refractivity contribution in [3.05, 3.63) is 17.0 Å². The third-order valence-corrected chi connectivity index (χ3v) is 2.25. The van der Waals surface area contributed by atoms with E-state index in [0.29, 0.717) is 5.76 Å². The molecule has 5 heteroatoms. The molecule has 0 aromatic carbocycles. The highest BCUT2D eigenvalue weighted by Crippen LogP contribution is 2.21. The highest BCUT2D eigenvalue weighted by atomic mass is 16.6. The van der Waals surface area contributed by atoms with E-state index in [1.165, 1.54) is 0 Å². The Bertz CT molecular complexity index is 385. The first-order valence-corrected chi connectivity index (χ1v) is 5.63. The summed E-state index contributed by atoms with van der Waals surface area (Å²) in [6.07, 6.45) is -0.440. The van der Waals surface area contributed by atoms with Gasteiger partial charge in [-0.1, -0.05) is 5.16 Å². The number of amides is 1. The number of nitrogens with one attached hydrogen (secondary N) is 1. The largest absolute Gasteiger partial charge is 0.444 e. The van der Waals surface area contributed by atoms with Gasteiger partial charge in [0.2, 0.25) is 0 Å². The number of hydrogen-bond acceptors (Lipinski definition) is 4. The van der Waals surface area contributed by atoms with E-state index < -0.39 is 11.7 Å². The van der Waals surface area contributed by atoms with Crippen LogP contribution in [0.25, 0.3) is 0 Å². The summed E-state index contributed by atoms with van der Waals surface area (Å²) in [6, 6.07) is -0.184. The number of ether oxygens (including phenoxy) is 1. The average Bonchev–Trinajstić information content (AvgIpc) is 2.42. The predicted molar refractivity (Wildman–Crippen MR) is 63.8 cm³/mol. The van der Waals surface area contributed by atoms with Gasteiger partial charge in [0, 0.05) is 5.56 Å². The van der Waals surface area contributed by atoms with Gasteiger partial charge in [-0.05, 0) is 41.5 Å². The SMILES string of the molecule is Cc1noc(C)c1C(C)NC(=O)OC(C)(C)C. The number of hydrogen-bond donors (Lipinski definition) is 1. The van der Waals surface area contributed by atoms with Crippen molar-refractivity contribution in [1.82, 2.24) is 10.5 Å². The molecule has 17 heavy (non-hydrogen) atoms. The van der Waals surface area contributed by atoms with Crippen LogP contribution in [0.15, 0.2) is 4.52 Å². The van der Waals surface area contributed by atoms with Crippen molar-refractivity contribution in [2.75, 3.05) is 0 Å². The van der Waals surface area contributed by atoms with Gasteiger partial charge >= 0.3 is 6.09 Å². The molecule has 96 valence electrons. The number of alkyl carbamates (subject to hydrolysis) is 1. The number of aryl methyl sites for hydroxylation is 2. The summed E-state index contributed by atoms with van der Waals surface area (Å²) >= 11 is 0. The Morgan fingerprint density at radius 3 is 2.41 bits per heavy atom. The first kappa shape index (κ1) is 13.5. The van der Waals surface area contributed by atoms with Gasteiger partial charge in [-0.25, -0.2) is 4.79 Å². The maximum absolute atomic E-state index is 11.6. The molecule has 1 rings (SSSR count). The summed E-state index contributed by atoms with van der Waals surface area (Å²) in [7, 11) is 0.